The number of rotatable bonds is 4. The highest BCUT2D eigenvalue weighted by atomic mass is 32.2. The molecule has 0 aliphatic heterocycles. The van der Waals surface area contributed by atoms with Gasteiger partial charge in [0.25, 0.3) is 0 Å². The minimum atomic E-state index is -0.136. The van der Waals surface area contributed by atoms with E-state index >= 15 is 0 Å². The molecule has 0 N–H and O–H groups in total. The number of carbonyl (C=O) groups excluding carboxylic acids is 1. The molecule has 4 heteroatoms. The molecule has 1 aromatic heterocycles. The summed E-state index contributed by atoms with van der Waals surface area (Å²) in [7, 11) is 1.93. The quantitative estimate of drug-likeness (QED) is 0.633. The number of benzene rings is 1. The van der Waals surface area contributed by atoms with Crippen LogP contribution in [0.4, 0.5) is 0 Å². The Morgan fingerprint density at radius 3 is 2.63 bits per heavy atom. The van der Waals surface area contributed by atoms with E-state index in [4.69, 9.17) is 0 Å². The lowest BCUT2D eigenvalue weighted by molar-refractivity contribution is 0.0994. The second-order valence-electron chi connectivity index (χ2n) is 4.74. The van der Waals surface area contributed by atoms with Crippen LogP contribution in [-0.4, -0.2) is 20.6 Å². The van der Waals surface area contributed by atoms with Crippen molar-refractivity contribution in [2.45, 2.75) is 31.2 Å². The Morgan fingerprint density at radius 2 is 2.05 bits per heavy atom. The van der Waals surface area contributed by atoms with Gasteiger partial charge in [-0.05, 0) is 38.0 Å². The van der Waals surface area contributed by atoms with Crippen molar-refractivity contribution < 1.29 is 4.79 Å². The Labute approximate surface area is 118 Å². The summed E-state index contributed by atoms with van der Waals surface area (Å²) in [5.74, 6) is 0.149. The van der Waals surface area contributed by atoms with Crippen LogP contribution in [0.1, 0.15) is 28.4 Å². The van der Waals surface area contributed by atoms with E-state index < -0.39 is 0 Å². The fourth-order valence-electron chi connectivity index (χ4n) is 1.81. The normalized spacial score (nSPS) is 12.4. The fourth-order valence-corrected chi connectivity index (χ4v) is 2.71. The zero-order chi connectivity index (χ0) is 14.0. The molecule has 0 radical (unpaired) electrons. The number of hydrogen-bond acceptors (Lipinski definition) is 3. The molecule has 100 valence electrons. The number of aryl methyl sites for hydroxylation is 3. The highest BCUT2D eigenvalue weighted by Gasteiger charge is 2.18. The van der Waals surface area contributed by atoms with Crippen LogP contribution in [0, 0.1) is 13.8 Å². The van der Waals surface area contributed by atoms with Crippen LogP contribution < -0.4 is 0 Å². The number of imidazole rings is 1. The molecule has 0 bridgehead atoms. The maximum absolute atomic E-state index is 12.4. The van der Waals surface area contributed by atoms with Crippen molar-refractivity contribution >= 4 is 17.5 Å². The fraction of sp³-hybridized carbons (Fsp3) is 0.333. The van der Waals surface area contributed by atoms with Crippen molar-refractivity contribution in [3.8, 4) is 0 Å². The third-order valence-electron chi connectivity index (χ3n) is 3.22. The van der Waals surface area contributed by atoms with Gasteiger partial charge in [0.05, 0.1) is 5.25 Å². The average Bonchev–Trinajstić information content (AvgIpc) is 2.77. The van der Waals surface area contributed by atoms with E-state index in [0.29, 0.717) is 0 Å². The number of Topliss-reactive ketones (excluding diaryl/α,β-unsaturated/α-hetero) is 1. The Kier molecular flexibility index (Phi) is 4.10. The van der Waals surface area contributed by atoms with Gasteiger partial charge in [-0.2, -0.15) is 0 Å². The van der Waals surface area contributed by atoms with Gasteiger partial charge in [-0.3, -0.25) is 4.79 Å². The van der Waals surface area contributed by atoms with Crippen molar-refractivity contribution in [2.24, 2.45) is 7.05 Å². The molecule has 2 aromatic rings. The molecule has 19 heavy (non-hydrogen) atoms. The number of ketones is 1. The third-order valence-corrected chi connectivity index (χ3v) is 4.39. The van der Waals surface area contributed by atoms with E-state index in [1.807, 2.05) is 49.9 Å². The first-order chi connectivity index (χ1) is 8.99. The lowest BCUT2D eigenvalue weighted by atomic mass is 10.0. The molecule has 0 saturated heterocycles. The Balaban J connectivity index is 2.15. The van der Waals surface area contributed by atoms with E-state index in [-0.39, 0.29) is 11.0 Å². The number of thioether (sulfide) groups is 1. The second kappa shape index (κ2) is 5.61. The molecular weight excluding hydrogens is 256 g/mol. The van der Waals surface area contributed by atoms with Crippen molar-refractivity contribution in [1.82, 2.24) is 9.55 Å². The molecule has 0 fully saturated rings. The lowest BCUT2D eigenvalue weighted by Gasteiger charge is -2.11. The van der Waals surface area contributed by atoms with Crippen molar-refractivity contribution in [1.29, 1.82) is 0 Å². The minimum Gasteiger partial charge on any atom is -0.329 e. The summed E-state index contributed by atoms with van der Waals surface area (Å²) in [6, 6.07) is 5.87. The van der Waals surface area contributed by atoms with Gasteiger partial charge < -0.3 is 4.57 Å². The van der Waals surface area contributed by atoms with Gasteiger partial charge in [0.15, 0.2) is 10.9 Å². The van der Waals surface area contributed by atoms with Crippen LogP contribution >= 0.6 is 11.8 Å². The predicted octanol–water partition coefficient (Wildman–Crippen LogP) is 3.40. The molecule has 0 spiro atoms. The van der Waals surface area contributed by atoms with Crippen LogP contribution in [0.15, 0.2) is 35.7 Å². The first-order valence-electron chi connectivity index (χ1n) is 6.24. The van der Waals surface area contributed by atoms with Crippen LogP contribution in [-0.2, 0) is 7.05 Å². The summed E-state index contributed by atoms with van der Waals surface area (Å²) in [4.78, 5) is 16.6. The largest absolute Gasteiger partial charge is 0.329 e. The summed E-state index contributed by atoms with van der Waals surface area (Å²) in [5.41, 5.74) is 3.14. The zero-order valence-electron chi connectivity index (χ0n) is 11.7. The van der Waals surface area contributed by atoms with Crippen LogP contribution in [0.3, 0.4) is 0 Å². The SMILES string of the molecule is Cc1ccc(C(=O)[C@H](C)Sc2nccn2C)cc1C. The van der Waals surface area contributed by atoms with E-state index in [9.17, 15) is 4.79 Å². The monoisotopic (exact) mass is 274 g/mol. The van der Waals surface area contributed by atoms with Gasteiger partial charge in [-0.15, -0.1) is 0 Å². The van der Waals surface area contributed by atoms with Crippen LogP contribution in [0.2, 0.25) is 0 Å². The maximum atomic E-state index is 12.4. The summed E-state index contributed by atoms with van der Waals surface area (Å²) in [6.07, 6.45) is 3.63. The average molecular weight is 274 g/mol. The van der Waals surface area contributed by atoms with Crippen molar-refractivity contribution in [3.05, 3.63) is 47.3 Å². The summed E-state index contributed by atoms with van der Waals surface area (Å²) in [5, 5.41) is 0.730. The summed E-state index contributed by atoms with van der Waals surface area (Å²) >= 11 is 1.49. The van der Waals surface area contributed by atoms with Gasteiger partial charge >= 0.3 is 0 Å². The Bertz CT molecular complexity index is 604. The molecular formula is C15H18N2OS. The number of aromatic nitrogens is 2. The van der Waals surface area contributed by atoms with E-state index in [2.05, 4.69) is 11.9 Å². The lowest BCUT2D eigenvalue weighted by Crippen LogP contribution is -2.14. The van der Waals surface area contributed by atoms with Crippen molar-refractivity contribution in [3.63, 3.8) is 0 Å². The number of hydrogen-bond donors (Lipinski definition) is 0. The third kappa shape index (κ3) is 3.07. The first-order valence-corrected chi connectivity index (χ1v) is 7.12. The van der Waals surface area contributed by atoms with Gasteiger partial charge in [0.2, 0.25) is 0 Å². The van der Waals surface area contributed by atoms with E-state index in [0.717, 1.165) is 16.3 Å². The summed E-state index contributed by atoms with van der Waals surface area (Å²) < 4.78 is 1.93. The van der Waals surface area contributed by atoms with Crippen LogP contribution in [0.5, 0.6) is 0 Å². The molecule has 2 rings (SSSR count). The predicted molar refractivity (Wildman–Crippen MR) is 78.8 cm³/mol. The molecule has 1 atom stereocenters. The van der Waals surface area contributed by atoms with Gasteiger partial charge in [-0.25, -0.2) is 4.98 Å². The molecule has 0 unspecified atom stereocenters. The number of carbonyl (C=O) groups is 1. The number of nitrogens with zero attached hydrogens (tertiary/aromatic N) is 2. The molecule has 1 heterocycles. The molecule has 3 nitrogen and oxygen atoms in total. The Hall–Kier alpha value is -1.55. The second-order valence-corrected chi connectivity index (χ2v) is 6.05. The summed E-state index contributed by atoms with van der Waals surface area (Å²) in [6.45, 7) is 6.01. The molecule has 0 amide bonds. The first kappa shape index (κ1) is 13.9. The standard InChI is InChI=1S/C15H18N2OS/c1-10-5-6-13(9-11(10)2)14(18)12(3)19-15-16-7-8-17(15)4/h5-9,12H,1-4H3/t12-/m0/s1. The van der Waals surface area contributed by atoms with Gasteiger partial charge in [0.1, 0.15) is 0 Å². The Morgan fingerprint density at radius 1 is 1.32 bits per heavy atom. The molecule has 0 aliphatic rings. The molecule has 0 aliphatic carbocycles. The zero-order valence-corrected chi connectivity index (χ0v) is 12.5. The smallest absolute Gasteiger partial charge is 0.176 e. The highest BCUT2D eigenvalue weighted by Crippen LogP contribution is 2.24. The highest BCUT2D eigenvalue weighted by molar-refractivity contribution is 8.00. The van der Waals surface area contributed by atoms with E-state index in [1.54, 1.807) is 6.20 Å². The maximum Gasteiger partial charge on any atom is 0.176 e. The van der Waals surface area contributed by atoms with Crippen LogP contribution in [0.25, 0.3) is 0 Å². The molecule has 1 aromatic carbocycles. The van der Waals surface area contributed by atoms with E-state index in [1.165, 1.54) is 17.3 Å². The van der Waals surface area contributed by atoms with Gasteiger partial charge in [0, 0.05) is 25.0 Å². The topological polar surface area (TPSA) is 34.9 Å². The minimum absolute atomic E-state index is 0.136. The molecule has 0 saturated carbocycles. The van der Waals surface area contributed by atoms with Gasteiger partial charge in [-0.1, -0.05) is 23.9 Å². The van der Waals surface area contributed by atoms with Crippen molar-refractivity contribution in [2.75, 3.05) is 0 Å².